The van der Waals surface area contributed by atoms with Gasteiger partial charge in [0, 0.05) is 10.7 Å². The molecule has 0 heterocycles. The van der Waals surface area contributed by atoms with Gasteiger partial charge in [0.2, 0.25) is 0 Å². The third-order valence-electron chi connectivity index (χ3n) is 5.11. The second-order valence-electron chi connectivity index (χ2n) is 6.80. The minimum atomic E-state index is 0.156. The van der Waals surface area contributed by atoms with Crippen molar-refractivity contribution < 1.29 is 5.11 Å². The van der Waals surface area contributed by atoms with Gasteiger partial charge in [-0.15, -0.1) is 0 Å². The fraction of sp³-hybridized carbons (Fsp3) is 0.458. The first-order chi connectivity index (χ1) is 13.7. The van der Waals surface area contributed by atoms with Crippen LogP contribution in [-0.2, 0) is 6.61 Å². The largest absolute Gasteiger partial charge is 0.392 e. The second-order valence-corrected chi connectivity index (χ2v) is 7.47. The van der Waals surface area contributed by atoms with Gasteiger partial charge in [0.15, 0.2) is 0 Å². The van der Waals surface area contributed by atoms with Gasteiger partial charge in [-0.1, -0.05) is 81.3 Å². The van der Waals surface area contributed by atoms with E-state index in [2.05, 4.69) is 48.7 Å². The molecule has 0 unspecified atom stereocenters. The summed E-state index contributed by atoms with van der Waals surface area (Å²) < 4.78 is 0. The predicted octanol–water partition coefficient (Wildman–Crippen LogP) is 7.60. The normalized spacial score (nSPS) is 18.0. The van der Waals surface area contributed by atoms with Crippen molar-refractivity contribution in [2.24, 2.45) is 5.92 Å². The molecule has 0 aromatic heterocycles. The van der Waals surface area contributed by atoms with Gasteiger partial charge in [0.05, 0.1) is 12.1 Å². The molecular formula is C24H34ClNOS. The van der Waals surface area contributed by atoms with Gasteiger partial charge < -0.3 is 10.4 Å². The number of aliphatic hydroxyl groups excluding tert-OH is 1. The van der Waals surface area contributed by atoms with E-state index >= 15 is 0 Å². The van der Waals surface area contributed by atoms with Crippen molar-refractivity contribution in [2.45, 2.75) is 65.4 Å². The molecule has 0 aliphatic heterocycles. The maximum absolute atomic E-state index is 9.01. The van der Waals surface area contributed by atoms with E-state index in [1.807, 2.05) is 38.1 Å². The smallest absolute Gasteiger partial charge is 0.0681 e. The Balaban J connectivity index is 0.000000281. The molecule has 0 bridgehead atoms. The Morgan fingerprint density at radius 1 is 1.07 bits per heavy atom. The number of thiocarbonyl (C=S) groups is 1. The molecule has 28 heavy (non-hydrogen) atoms. The highest BCUT2D eigenvalue weighted by Crippen LogP contribution is 2.36. The summed E-state index contributed by atoms with van der Waals surface area (Å²) >= 11 is 10.3. The minimum absolute atomic E-state index is 0.156. The van der Waals surface area contributed by atoms with Crippen LogP contribution in [-0.4, -0.2) is 10.6 Å². The molecule has 4 heteroatoms. The van der Waals surface area contributed by atoms with Gasteiger partial charge in [-0.3, -0.25) is 0 Å². The molecule has 3 rings (SSSR count). The summed E-state index contributed by atoms with van der Waals surface area (Å²) in [6.07, 6.45) is 6.82. The molecule has 1 aliphatic rings. The van der Waals surface area contributed by atoms with Gasteiger partial charge >= 0.3 is 0 Å². The molecule has 2 N–H and O–H groups in total. The molecule has 2 aromatic rings. The van der Waals surface area contributed by atoms with Crippen LogP contribution in [0.2, 0.25) is 5.02 Å². The van der Waals surface area contributed by atoms with E-state index in [9.17, 15) is 0 Å². The van der Waals surface area contributed by atoms with Gasteiger partial charge in [-0.2, -0.15) is 0 Å². The lowest BCUT2D eigenvalue weighted by Crippen LogP contribution is -2.12. The lowest BCUT2D eigenvalue weighted by Gasteiger charge is -2.28. The van der Waals surface area contributed by atoms with E-state index in [0.29, 0.717) is 5.02 Å². The molecule has 0 radical (unpaired) electrons. The predicted molar refractivity (Wildman–Crippen MR) is 127 cm³/mol. The topological polar surface area (TPSA) is 32.3 Å². The summed E-state index contributed by atoms with van der Waals surface area (Å²) in [7, 11) is 0. The lowest BCUT2D eigenvalue weighted by atomic mass is 9.78. The Kier molecular flexibility index (Phi) is 12.8. The van der Waals surface area contributed by atoms with Gasteiger partial charge in [-0.25, -0.2) is 0 Å². The summed E-state index contributed by atoms with van der Waals surface area (Å²) in [5.41, 5.74) is 4.85. The van der Waals surface area contributed by atoms with Crippen LogP contribution in [0.1, 0.15) is 69.9 Å². The lowest BCUT2D eigenvalue weighted by molar-refractivity contribution is 0.281. The zero-order chi connectivity index (χ0) is 20.8. The highest BCUT2D eigenvalue weighted by atomic mass is 35.5. The number of anilines is 1. The van der Waals surface area contributed by atoms with Crippen molar-refractivity contribution in [3.05, 3.63) is 64.7 Å². The molecule has 2 aromatic carbocycles. The minimum Gasteiger partial charge on any atom is -0.392 e. The first-order valence-electron chi connectivity index (χ1n) is 10.3. The standard InChI is InChI=1S/C15H22O.C7H6ClNS.C2H6/c1-2-12-3-7-14(8-4-12)15-9-5-13(11-16)6-10-15;8-6-2-1-3-7(4-6)9-5-10;1-2/h5-6,9-10,12,14,16H,2-4,7-8,11H2,1H3;1-5H,(H,9,10);1-2H3. The molecule has 0 amide bonds. The molecule has 1 saturated carbocycles. The van der Waals surface area contributed by atoms with E-state index in [1.54, 1.807) is 0 Å². The van der Waals surface area contributed by atoms with Crippen LogP contribution >= 0.6 is 23.8 Å². The van der Waals surface area contributed by atoms with Crippen molar-refractivity contribution in [2.75, 3.05) is 5.32 Å². The van der Waals surface area contributed by atoms with E-state index in [0.717, 1.165) is 23.1 Å². The summed E-state index contributed by atoms with van der Waals surface area (Å²) in [6, 6.07) is 15.9. The first kappa shape index (κ1) is 24.6. The van der Waals surface area contributed by atoms with Crippen molar-refractivity contribution in [3.63, 3.8) is 0 Å². The molecule has 0 atom stereocenters. The number of nitrogens with one attached hydrogen (secondary N) is 1. The van der Waals surface area contributed by atoms with Crippen LogP contribution < -0.4 is 5.32 Å². The molecule has 1 fully saturated rings. The van der Waals surface area contributed by atoms with Gasteiger partial charge in [0.1, 0.15) is 0 Å². The van der Waals surface area contributed by atoms with E-state index in [1.165, 1.54) is 43.2 Å². The second kappa shape index (κ2) is 14.6. The number of benzene rings is 2. The fourth-order valence-corrected chi connectivity index (χ4v) is 3.77. The van der Waals surface area contributed by atoms with E-state index in [4.69, 9.17) is 16.7 Å². The van der Waals surface area contributed by atoms with Gasteiger partial charge in [-0.05, 0) is 66.8 Å². The zero-order valence-corrected chi connectivity index (χ0v) is 18.9. The highest BCUT2D eigenvalue weighted by molar-refractivity contribution is 7.79. The molecule has 1 aliphatic carbocycles. The summed E-state index contributed by atoms with van der Waals surface area (Å²) in [6.45, 7) is 6.46. The van der Waals surface area contributed by atoms with Crippen molar-refractivity contribution >= 4 is 35.0 Å². The van der Waals surface area contributed by atoms with Crippen LogP contribution in [0, 0.1) is 5.92 Å². The quantitative estimate of drug-likeness (QED) is 0.489. The van der Waals surface area contributed by atoms with Crippen molar-refractivity contribution in [3.8, 4) is 0 Å². The van der Waals surface area contributed by atoms with Crippen LogP contribution in [0.5, 0.6) is 0 Å². The summed E-state index contributed by atoms with van der Waals surface area (Å²) in [5, 5.41) is 12.6. The SMILES string of the molecule is CC.CCC1CCC(c2ccc(CO)cc2)CC1.S=CNc1cccc(Cl)c1. The highest BCUT2D eigenvalue weighted by Gasteiger charge is 2.20. The van der Waals surface area contributed by atoms with Crippen LogP contribution in [0.3, 0.4) is 0 Å². The number of hydrogen-bond acceptors (Lipinski definition) is 2. The van der Waals surface area contributed by atoms with Crippen LogP contribution in [0.25, 0.3) is 0 Å². The zero-order valence-electron chi connectivity index (χ0n) is 17.3. The maximum Gasteiger partial charge on any atom is 0.0681 e. The van der Waals surface area contributed by atoms with Crippen LogP contribution in [0.4, 0.5) is 5.69 Å². The number of hydrogen-bond donors (Lipinski definition) is 2. The van der Waals surface area contributed by atoms with E-state index < -0.39 is 0 Å². The molecule has 154 valence electrons. The van der Waals surface area contributed by atoms with Gasteiger partial charge in [0.25, 0.3) is 0 Å². The Bertz CT molecular complexity index is 667. The monoisotopic (exact) mass is 419 g/mol. The summed E-state index contributed by atoms with van der Waals surface area (Å²) in [5.74, 6) is 1.73. The number of rotatable bonds is 5. The first-order valence-corrected chi connectivity index (χ1v) is 11.2. The number of aliphatic hydroxyl groups is 1. The molecular weight excluding hydrogens is 386 g/mol. The van der Waals surface area contributed by atoms with Crippen molar-refractivity contribution in [1.29, 1.82) is 0 Å². The fourth-order valence-electron chi connectivity index (χ4n) is 3.45. The molecule has 2 nitrogen and oxygen atoms in total. The molecule has 0 spiro atoms. The molecule has 0 saturated heterocycles. The van der Waals surface area contributed by atoms with E-state index in [-0.39, 0.29) is 6.61 Å². The third-order valence-corrected chi connectivity index (χ3v) is 5.46. The number of halogens is 1. The Morgan fingerprint density at radius 3 is 2.21 bits per heavy atom. The van der Waals surface area contributed by atoms with Crippen molar-refractivity contribution in [1.82, 2.24) is 0 Å². The third kappa shape index (κ3) is 8.72. The average molecular weight is 420 g/mol. The Hall–Kier alpha value is -1.42. The Morgan fingerprint density at radius 2 is 1.71 bits per heavy atom. The van der Waals surface area contributed by atoms with Crippen LogP contribution in [0.15, 0.2) is 48.5 Å². The Labute approximate surface area is 181 Å². The summed E-state index contributed by atoms with van der Waals surface area (Å²) in [4.78, 5) is 0. The average Bonchev–Trinajstić information content (AvgIpc) is 2.76. The maximum atomic E-state index is 9.01.